The second-order valence-corrected chi connectivity index (χ2v) is 3.73. The standard InChI is InChI=1S/C12H14N4O3/c1-2-19-8-7-16-11(9-5-3-4-6-13-9)10(12(17)18)14-15-16/h3-6H,2,7-8H2,1H3,(H,17,18). The fraction of sp³-hybridized carbons (Fsp3) is 0.333. The molecule has 1 N–H and O–H groups in total. The summed E-state index contributed by atoms with van der Waals surface area (Å²) < 4.78 is 6.74. The molecule has 7 heteroatoms. The van der Waals surface area contributed by atoms with Gasteiger partial charge in [-0.1, -0.05) is 11.3 Å². The van der Waals surface area contributed by atoms with Crippen molar-refractivity contribution in [2.24, 2.45) is 0 Å². The molecule has 0 aliphatic carbocycles. The van der Waals surface area contributed by atoms with Crippen molar-refractivity contribution in [1.29, 1.82) is 0 Å². The van der Waals surface area contributed by atoms with Crippen molar-refractivity contribution in [3.63, 3.8) is 0 Å². The Balaban J connectivity index is 2.37. The van der Waals surface area contributed by atoms with Crippen molar-refractivity contribution < 1.29 is 14.6 Å². The van der Waals surface area contributed by atoms with Crippen LogP contribution in [0.4, 0.5) is 0 Å². The van der Waals surface area contributed by atoms with Crippen LogP contribution in [0.3, 0.4) is 0 Å². The van der Waals surface area contributed by atoms with Gasteiger partial charge in [-0.3, -0.25) is 4.98 Å². The lowest BCUT2D eigenvalue weighted by Gasteiger charge is -2.06. The van der Waals surface area contributed by atoms with Crippen molar-refractivity contribution >= 4 is 5.97 Å². The third-order valence-corrected chi connectivity index (χ3v) is 2.50. The Kier molecular flexibility index (Phi) is 4.19. The number of carboxylic acids is 1. The van der Waals surface area contributed by atoms with E-state index < -0.39 is 5.97 Å². The fourth-order valence-corrected chi connectivity index (χ4v) is 1.67. The van der Waals surface area contributed by atoms with Crippen LogP contribution in [0.25, 0.3) is 11.4 Å². The number of nitrogens with zero attached hydrogens (tertiary/aromatic N) is 4. The molecule has 0 aromatic carbocycles. The maximum absolute atomic E-state index is 11.2. The molecule has 19 heavy (non-hydrogen) atoms. The Morgan fingerprint density at radius 3 is 2.95 bits per heavy atom. The highest BCUT2D eigenvalue weighted by Gasteiger charge is 2.21. The highest BCUT2D eigenvalue weighted by molar-refractivity contribution is 5.92. The highest BCUT2D eigenvalue weighted by atomic mass is 16.5. The molecule has 7 nitrogen and oxygen atoms in total. The Hall–Kier alpha value is -2.28. The fourth-order valence-electron chi connectivity index (χ4n) is 1.67. The van der Waals surface area contributed by atoms with Crippen molar-refractivity contribution in [3.8, 4) is 11.4 Å². The minimum atomic E-state index is -1.12. The summed E-state index contributed by atoms with van der Waals surface area (Å²) in [5.74, 6) is -1.12. The van der Waals surface area contributed by atoms with Gasteiger partial charge in [0.05, 0.1) is 18.8 Å². The number of rotatable bonds is 6. The predicted octanol–water partition coefficient (Wildman–Crippen LogP) is 1.07. The Morgan fingerprint density at radius 1 is 1.47 bits per heavy atom. The molecule has 0 radical (unpaired) electrons. The summed E-state index contributed by atoms with van der Waals surface area (Å²) in [5, 5.41) is 16.7. The van der Waals surface area contributed by atoms with E-state index >= 15 is 0 Å². The van der Waals surface area contributed by atoms with Gasteiger partial charge in [-0.05, 0) is 19.1 Å². The molecule has 2 aromatic rings. The first-order valence-corrected chi connectivity index (χ1v) is 5.90. The Bertz CT molecular complexity index is 553. The van der Waals surface area contributed by atoms with Gasteiger partial charge in [0.25, 0.3) is 0 Å². The third-order valence-electron chi connectivity index (χ3n) is 2.50. The largest absolute Gasteiger partial charge is 0.476 e. The number of carboxylic acid groups (broad SMARTS) is 1. The van der Waals surface area contributed by atoms with Crippen LogP contribution < -0.4 is 0 Å². The van der Waals surface area contributed by atoms with Crippen molar-refractivity contribution in [2.75, 3.05) is 13.2 Å². The lowest BCUT2D eigenvalue weighted by Crippen LogP contribution is -2.10. The Morgan fingerprint density at radius 2 is 2.32 bits per heavy atom. The van der Waals surface area contributed by atoms with Crippen LogP contribution in [0, 0.1) is 0 Å². The van der Waals surface area contributed by atoms with Crippen molar-refractivity contribution in [2.45, 2.75) is 13.5 Å². The summed E-state index contributed by atoms with van der Waals surface area (Å²) in [6.45, 7) is 3.36. The van der Waals surface area contributed by atoms with E-state index in [0.717, 1.165) is 0 Å². The van der Waals surface area contributed by atoms with Crippen LogP contribution in [-0.4, -0.2) is 44.3 Å². The molecule has 0 fully saturated rings. The maximum atomic E-state index is 11.2. The molecular weight excluding hydrogens is 248 g/mol. The smallest absolute Gasteiger partial charge is 0.358 e. The molecule has 0 saturated carbocycles. The first-order chi connectivity index (χ1) is 9.24. The molecule has 0 atom stereocenters. The maximum Gasteiger partial charge on any atom is 0.358 e. The van der Waals surface area contributed by atoms with E-state index in [1.54, 1.807) is 24.4 Å². The lowest BCUT2D eigenvalue weighted by atomic mass is 10.2. The highest BCUT2D eigenvalue weighted by Crippen LogP contribution is 2.19. The minimum absolute atomic E-state index is 0.102. The van der Waals surface area contributed by atoms with Gasteiger partial charge in [-0.15, -0.1) is 5.10 Å². The zero-order chi connectivity index (χ0) is 13.7. The monoisotopic (exact) mass is 262 g/mol. The molecule has 2 rings (SSSR count). The van der Waals surface area contributed by atoms with Gasteiger partial charge in [0.2, 0.25) is 0 Å². The number of carbonyl (C=O) groups is 1. The van der Waals surface area contributed by atoms with E-state index in [1.807, 2.05) is 6.92 Å². The summed E-state index contributed by atoms with van der Waals surface area (Å²) >= 11 is 0. The summed E-state index contributed by atoms with van der Waals surface area (Å²) in [5.41, 5.74) is 0.824. The average Bonchev–Trinajstić information content (AvgIpc) is 2.84. The second-order valence-electron chi connectivity index (χ2n) is 3.73. The normalized spacial score (nSPS) is 10.6. The molecule has 2 heterocycles. The quantitative estimate of drug-likeness (QED) is 0.783. The third kappa shape index (κ3) is 2.94. The number of hydrogen-bond acceptors (Lipinski definition) is 5. The van der Waals surface area contributed by atoms with Gasteiger partial charge in [0.15, 0.2) is 5.69 Å². The molecule has 0 amide bonds. The lowest BCUT2D eigenvalue weighted by molar-refractivity contribution is 0.0691. The van der Waals surface area contributed by atoms with E-state index in [0.29, 0.717) is 31.1 Å². The predicted molar refractivity (Wildman–Crippen MR) is 66.7 cm³/mol. The van der Waals surface area contributed by atoms with E-state index in [9.17, 15) is 4.79 Å². The summed E-state index contributed by atoms with van der Waals surface area (Å²) in [6.07, 6.45) is 1.60. The van der Waals surface area contributed by atoms with Crippen LogP contribution in [0.15, 0.2) is 24.4 Å². The van der Waals surface area contributed by atoms with Crippen molar-refractivity contribution in [3.05, 3.63) is 30.1 Å². The topological polar surface area (TPSA) is 90.1 Å². The molecule has 0 spiro atoms. The van der Waals surface area contributed by atoms with E-state index in [-0.39, 0.29) is 5.69 Å². The zero-order valence-corrected chi connectivity index (χ0v) is 10.5. The van der Waals surface area contributed by atoms with Gasteiger partial charge in [-0.25, -0.2) is 9.48 Å². The average molecular weight is 262 g/mol. The van der Waals surface area contributed by atoms with Crippen LogP contribution in [0.2, 0.25) is 0 Å². The van der Waals surface area contributed by atoms with Crippen LogP contribution in [0.5, 0.6) is 0 Å². The number of pyridine rings is 1. The first kappa shape index (κ1) is 13.2. The SMILES string of the molecule is CCOCCn1nnc(C(=O)O)c1-c1ccccn1. The molecule has 0 aliphatic rings. The molecule has 0 saturated heterocycles. The van der Waals surface area contributed by atoms with Gasteiger partial charge in [-0.2, -0.15) is 0 Å². The number of ether oxygens (including phenoxy) is 1. The summed E-state index contributed by atoms with van der Waals surface area (Å²) in [7, 11) is 0. The van der Waals surface area contributed by atoms with Gasteiger partial charge < -0.3 is 9.84 Å². The first-order valence-electron chi connectivity index (χ1n) is 5.90. The molecule has 0 unspecified atom stereocenters. The van der Waals surface area contributed by atoms with Crippen LogP contribution >= 0.6 is 0 Å². The van der Waals surface area contributed by atoms with Crippen LogP contribution in [-0.2, 0) is 11.3 Å². The van der Waals surface area contributed by atoms with Gasteiger partial charge >= 0.3 is 5.97 Å². The zero-order valence-electron chi connectivity index (χ0n) is 10.5. The van der Waals surface area contributed by atoms with E-state index in [4.69, 9.17) is 9.84 Å². The Labute approximate surface area is 109 Å². The molecule has 2 aromatic heterocycles. The van der Waals surface area contributed by atoms with E-state index in [1.165, 1.54) is 4.68 Å². The molecule has 100 valence electrons. The molecule has 0 bridgehead atoms. The molecular formula is C12H14N4O3. The van der Waals surface area contributed by atoms with Crippen LogP contribution in [0.1, 0.15) is 17.4 Å². The number of aromatic carboxylic acids is 1. The minimum Gasteiger partial charge on any atom is -0.476 e. The summed E-state index contributed by atoms with van der Waals surface area (Å²) in [4.78, 5) is 15.3. The van der Waals surface area contributed by atoms with Gasteiger partial charge in [0, 0.05) is 12.8 Å². The number of aromatic nitrogens is 4. The molecule has 0 aliphatic heterocycles. The van der Waals surface area contributed by atoms with E-state index in [2.05, 4.69) is 15.3 Å². The second kappa shape index (κ2) is 6.05. The number of hydrogen-bond donors (Lipinski definition) is 1. The van der Waals surface area contributed by atoms with Crippen molar-refractivity contribution in [1.82, 2.24) is 20.0 Å². The summed E-state index contributed by atoms with van der Waals surface area (Å²) in [6, 6.07) is 5.27. The van der Waals surface area contributed by atoms with Gasteiger partial charge in [0.1, 0.15) is 5.69 Å².